The lowest BCUT2D eigenvalue weighted by Gasteiger charge is -2.35. The molecule has 4 rings (SSSR count). The normalized spacial score (nSPS) is 14.5. The number of hydrogen-bond donors (Lipinski definition) is 0. The van der Waals surface area contributed by atoms with Crippen molar-refractivity contribution in [3.05, 3.63) is 54.6 Å². The lowest BCUT2D eigenvalue weighted by Crippen LogP contribution is -2.49. The van der Waals surface area contributed by atoms with Gasteiger partial charge in [-0.3, -0.25) is 9.78 Å². The van der Waals surface area contributed by atoms with Crippen molar-refractivity contribution in [3.8, 4) is 5.82 Å². The van der Waals surface area contributed by atoms with Crippen LogP contribution in [0.4, 0.5) is 5.82 Å². The molecule has 0 aromatic carbocycles. The molecule has 9 nitrogen and oxygen atoms in total. The van der Waals surface area contributed by atoms with E-state index in [1.807, 2.05) is 25.3 Å². The molecule has 0 N–H and O–H groups in total. The minimum atomic E-state index is -0.0897. The van der Waals surface area contributed by atoms with Crippen LogP contribution in [0.25, 0.3) is 5.82 Å². The van der Waals surface area contributed by atoms with Crippen LogP contribution in [0.3, 0.4) is 0 Å². The van der Waals surface area contributed by atoms with E-state index in [1.54, 1.807) is 22.1 Å². The Bertz CT molecular complexity index is 902. The maximum Gasteiger partial charge on any atom is 0.274 e. The summed E-state index contributed by atoms with van der Waals surface area (Å²) in [4.78, 5) is 33.1. The zero-order chi connectivity index (χ0) is 17.9. The Hall–Kier alpha value is -3.36. The fraction of sp³-hybridized carbons (Fsp3) is 0.294. The summed E-state index contributed by atoms with van der Waals surface area (Å²) in [6.45, 7) is 4.54. The van der Waals surface area contributed by atoms with Gasteiger partial charge in [0.2, 0.25) is 0 Å². The van der Waals surface area contributed by atoms with Gasteiger partial charge in [-0.15, -0.1) is 0 Å². The number of nitrogens with zero attached hydrogens (tertiary/aromatic N) is 8. The van der Waals surface area contributed by atoms with Crippen molar-refractivity contribution in [2.24, 2.45) is 0 Å². The van der Waals surface area contributed by atoms with Crippen molar-refractivity contribution in [2.75, 3.05) is 31.1 Å². The summed E-state index contributed by atoms with van der Waals surface area (Å²) >= 11 is 0. The Morgan fingerprint density at radius 2 is 1.85 bits per heavy atom. The van der Waals surface area contributed by atoms with Crippen LogP contribution >= 0.6 is 0 Å². The minimum absolute atomic E-state index is 0.0897. The third kappa shape index (κ3) is 3.23. The van der Waals surface area contributed by atoms with Crippen molar-refractivity contribution < 1.29 is 4.79 Å². The number of piperazine rings is 1. The van der Waals surface area contributed by atoms with Crippen molar-refractivity contribution in [1.82, 2.24) is 34.6 Å². The average Bonchev–Trinajstić information content (AvgIpc) is 3.15. The maximum absolute atomic E-state index is 12.5. The van der Waals surface area contributed by atoms with E-state index >= 15 is 0 Å². The van der Waals surface area contributed by atoms with E-state index in [2.05, 4.69) is 29.9 Å². The predicted molar refractivity (Wildman–Crippen MR) is 94.0 cm³/mol. The summed E-state index contributed by atoms with van der Waals surface area (Å²) < 4.78 is 1.73. The molecule has 0 saturated carbocycles. The zero-order valence-corrected chi connectivity index (χ0v) is 14.4. The topological polar surface area (TPSA) is 92.9 Å². The lowest BCUT2D eigenvalue weighted by atomic mass is 10.2. The van der Waals surface area contributed by atoms with E-state index in [0.29, 0.717) is 31.9 Å². The van der Waals surface area contributed by atoms with Crippen LogP contribution in [0.5, 0.6) is 0 Å². The van der Waals surface area contributed by atoms with E-state index in [1.165, 1.54) is 12.4 Å². The highest BCUT2D eigenvalue weighted by molar-refractivity contribution is 5.92. The third-order valence-electron chi connectivity index (χ3n) is 4.27. The van der Waals surface area contributed by atoms with Gasteiger partial charge in [0.1, 0.15) is 17.8 Å². The van der Waals surface area contributed by atoms with Crippen LogP contribution < -0.4 is 4.90 Å². The molecule has 1 aliphatic rings. The van der Waals surface area contributed by atoms with Gasteiger partial charge in [0, 0.05) is 50.8 Å². The molecule has 3 aromatic rings. The van der Waals surface area contributed by atoms with E-state index in [4.69, 9.17) is 0 Å². The molecule has 0 bridgehead atoms. The summed E-state index contributed by atoms with van der Waals surface area (Å²) in [6, 6.07) is 3.84. The second-order valence-electron chi connectivity index (χ2n) is 6.01. The number of carbonyl (C=O) groups excluding carboxylic acids is 1. The number of hydrogen-bond acceptors (Lipinski definition) is 7. The molecule has 4 heterocycles. The molecular weight excluding hydrogens is 332 g/mol. The van der Waals surface area contributed by atoms with Crippen molar-refractivity contribution in [1.29, 1.82) is 0 Å². The quantitative estimate of drug-likeness (QED) is 0.687. The predicted octanol–water partition coefficient (Wildman–Crippen LogP) is 0.723. The molecule has 0 radical (unpaired) electrons. The van der Waals surface area contributed by atoms with Gasteiger partial charge in [0.25, 0.3) is 5.91 Å². The van der Waals surface area contributed by atoms with Crippen LogP contribution in [0.15, 0.2) is 43.2 Å². The molecule has 0 atom stereocenters. The number of aryl methyl sites for hydroxylation is 1. The molecule has 9 heteroatoms. The van der Waals surface area contributed by atoms with E-state index in [9.17, 15) is 4.79 Å². The number of aromatic nitrogens is 6. The molecule has 3 aromatic heterocycles. The summed E-state index contributed by atoms with van der Waals surface area (Å²) in [6.07, 6.45) is 8.00. The third-order valence-corrected chi connectivity index (χ3v) is 4.27. The van der Waals surface area contributed by atoms with E-state index in [-0.39, 0.29) is 5.91 Å². The highest BCUT2D eigenvalue weighted by Gasteiger charge is 2.24. The summed E-state index contributed by atoms with van der Waals surface area (Å²) in [5, 5.41) is 4.38. The Morgan fingerprint density at radius 1 is 1.04 bits per heavy atom. The average molecular weight is 350 g/mol. The first-order chi connectivity index (χ1) is 12.7. The van der Waals surface area contributed by atoms with Crippen LogP contribution in [-0.4, -0.2) is 66.7 Å². The molecular formula is C17H18N8O. The minimum Gasteiger partial charge on any atom is -0.353 e. The summed E-state index contributed by atoms with van der Waals surface area (Å²) in [5.74, 6) is 1.46. The fourth-order valence-corrected chi connectivity index (χ4v) is 2.89. The van der Waals surface area contributed by atoms with Gasteiger partial charge in [-0.25, -0.2) is 19.6 Å². The largest absolute Gasteiger partial charge is 0.353 e. The molecule has 1 saturated heterocycles. The first-order valence-electron chi connectivity index (χ1n) is 8.35. The van der Waals surface area contributed by atoms with Gasteiger partial charge in [-0.2, -0.15) is 5.10 Å². The number of amides is 1. The molecule has 0 spiro atoms. The van der Waals surface area contributed by atoms with Gasteiger partial charge in [-0.05, 0) is 13.0 Å². The summed E-state index contributed by atoms with van der Waals surface area (Å²) in [5.41, 5.74) is 1.31. The fourth-order valence-electron chi connectivity index (χ4n) is 2.89. The SMILES string of the molecule is Cc1ccn(-c2cc(N3CCN(C(=O)c4cnccn4)CC3)ncn2)n1. The maximum atomic E-state index is 12.5. The Kier molecular flexibility index (Phi) is 4.26. The van der Waals surface area contributed by atoms with Gasteiger partial charge in [0.15, 0.2) is 5.82 Å². The van der Waals surface area contributed by atoms with Crippen molar-refractivity contribution in [3.63, 3.8) is 0 Å². The Morgan fingerprint density at radius 3 is 2.54 bits per heavy atom. The van der Waals surface area contributed by atoms with Crippen LogP contribution in [0.1, 0.15) is 16.2 Å². The molecule has 1 aliphatic heterocycles. The number of anilines is 1. The monoisotopic (exact) mass is 350 g/mol. The van der Waals surface area contributed by atoms with Gasteiger partial charge >= 0.3 is 0 Å². The molecule has 1 fully saturated rings. The molecule has 0 unspecified atom stereocenters. The van der Waals surface area contributed by atoms with E-state index < -0.39 is 0 Å². The molecule has 1 amide bonds. The molecule has 26 heavy (non-hydrogen) atoms. The first-order valence-corrected chi connectivity index (χ1v) is 8.35. The lowest BCUT2D eigenvalue weighted by molar-refractivity contribution is 0.0740. The summed E-state index contributed by atoms with van der Waals surface area (Å²) in [7, 11) is 0. The highest BCUT2D eigenvalue weighted by Crippen LogP contribution is 2.16. The first kappa shape index (κ1) is 16.1. The zero-order valence-electron chi connectivity index (χ0n) is 14.4. The number of rotatable bonds is 3. The van der Waals surface area contributed by atoms with Gasteiger partial charge in [-0.1, -0.05) is 0 Å². The van der Waals surface area contributed by atoms with Crippen LogP contribution in [-0.2, 0) is 0 Å². The van der Waals surface area contributed by atoms with Crippen LogP contribution in [0, 0.1) is 6.92 Å². The second-order valence-corrected chi connectivity index (χ2v) is 6.01. The highest BCUT2D eigenvalue weighted by atomic mass is 16.2. The van der Waals surface area contributed by atoms with Crippen molar-refractivity contribution >= 4 is 11.7 Å². The second kappa shape index (κ2) is 6.87. The van der Waals surface area contributed by atoms with Gasteiger partial charge < -0.3 is 9.80 Å². The Labute approximate surface area is 150 Å². The van der Waals surface area contributed by atoms with Crippen LogP contribution in [0.2, 0.25) is 0 Å². The smallest absolute Gasteiger partial charge is 0.274 e. The molecule has 132 valence electrons. The van der Waals surface area contributed by atoms with E-state index in [0.717, 1.165) is 17.3 Å². The number of carbonyl (C=O) groups is 1. The van der Waals surface area contributed by atoms with Gasteiger partial charge in [0.05, 0.1) is 11.9 Å². The molecule has 0 aliphatic carbocycles. The van der Waals surface area contributed by atoms with Crippen molar-refractivity contribution in [2.45, 2.75) is 6.92 Å². The Balaban J connectivity index is 1.44. The standard InChI is InChI=1S/C17H18N8O/c1-13-2-5-25(22-13)16-10-15(20-12-21-16)23-6-8-24(9-7-23)17(26)14-11-18-3-4-19-14/h2-5,10-12H,6-9H2,1H3.